The maximum absolute atomic E-state index is 12.5. The summed E-state index contributed by atoms with van der Waals surface area (Å²) in [6.07, 6.45) is 2.51. The molecule has 0 saturated carbocycles. The van der Waals surface area contributed by atoms with Crippen LogP contribution in [0.15, 0.2) is 46.3 Å². The molecule has 1 N–H and O–H groups in total. The molecule has 1 saturated heterocycles. The summed E-state index contributed by atoms with van der Waals surface area (Å²) in [5, 5.41) is 8.96. The first-order valence-electron chi connectivity index (χ1n) is 10.2. The van der Waals surface area contributed by atoms with Gasteiger partial charge in [0.25, 0.3) is 0 Å². The second-order valence-corrected chi connectivity index (χ2v) is 8.38. The molecule has 1 aliphatic heterocycles. The zero-order valence-electron chi connectivity index (χ0n) is 16.8. The fraction of sp³-hybridized carbons (Fsp3) is 0.364. The Bertz CT molecular complexity index is 1010. The lowest BCUT2D eigenvalue weighted by atomic mass is 9.96. The number of likely N-dealkylation sites (tertiary alicyclic amines) is 1. The third kappa shape index (κ3) is 4.76. The lowest BCUT2D eigenvalue weighted by Crippen LogP contribution is -2.38. The van der Waals surface area contributed by atoms with Gasteiger partial charge < -0.3 is 14.7 Å². The van der Waals surface area contributed by atoms with E-state index in [1.165, 1.54) is 0 Å². The maximum Gasteiger partial charge on any atom is 0.230 e. The second kappa shape index (κ2) is 9.21. The van der Waals surface area contributed by atoms with Gasteiger partial charge in [0, 0.05) is 41.6 Å². The van der Waals surface area contributed by atoms with E-state index in [0.29, 0.717) is 43.3 Å². The third-order valence-corrected chi connectivity index (χ3v) is 6.15. The molecule has 30 heavy (non-hydrogen) atoms. The van der Waals surface area contributed by atoms with Crippen LogP contribution in [-0.2, 0) is 16.0 Å². The number of nitrogens with one attached hydrogen (secondary N) is 1. The molecule has 1 aliphatic rings. The number of nitrogens with zero attached hydrogens (tertiary/aromatic N) is 3. The van der Waals surface area contributed by atoms with Crippen LogP contribution in [0.1, 0.15) is 42.9 Å². The maximum atomic E-state index is 12.5. The lowest BCUT2D eigenvalue weighted by molar-refractivity contribution is -0.131. The van der Waals surface area contributed by atoms with E-state index in [0.717, 1.165) is 23.3 Å². The number of hydrogen-bond donors (Lipinski definition) is 1. The van der Waals surface area contributed by atoms with Crippen molar-refractivity contribution in [1.82, 2.24) is 15.0 Å². The molecule has 1 fully saturated rings. The highest BCUT2D eigenvalue weighted by Gasteiger charge is 2.27. The van der Waals surface area contributed by atoms with E-state index in [9.17, 15) is 9.59 Å². The summed E-state index contributed by atoms with van der Waals surface area (Å²) in [6, 6.07) is 11.4. The SMILES string of the molecule is CCC(=O)Nc1cccc(-c2noc(C3CCN(C(=O)Cc4cccs4)CC3)n2)c1. The number of rotatable bonds is 6. The highest BCUT2D eigenvalue weighted by molar-refractivity contribution is 7.10. The van der Waals surface area contributed by atoms with Crippen LogP contribution in [0, 0.1) is 0 Å². The summed E-state index contributed by atoms with van der Waals surface area (Å²) in [4.78, 5) is 31.7. The van der Waals surface area contributed by atoms with Gasteiger partial charge >= 0.3 is 0 Å². The van der Waals surface area contributed by atoms with E-state index >= 15 is 0 Å². The van der Waals surface area contributed by atoms with Gasteiger partial charge in [0.05, 0.1) is 6.42 Å². The van der Waals surface area contributed by atoms with Crippen molar-refractivity contribution in [3.05, 3.63) is 52.5 Å². The molecule has 0 atom stereocenters. The topological polar surface area (TPSA) is 88.3 Å². The first kappa shape index (κ1) is 20.3. The van der Waals surface area contributed by atoms with Gasteiger partial charge in [0.15, 0.2) is 0 Å². The monoisotopic (exact) mass is 424 g/mol. The summed E-state index contributed by atoms with van der Waals surface area (Å²) in [6.45, 7) is 3.21. The van der Waals surface area contributed by atoms with Crippen LogP contribution >= 0.6 is 11.3 Å². The summed E-state index contributed by atoms with van der Waals surface area (Å²) in [5.74, 6) is 1.40. The summed E-state index contributed by atoms with van der Waals surface area (Å²) in [5.41, 5.74) is 1.51. The van der Waals surface area contributed by atoms with Gasteiger partial charge in [-0.25, -0.2) is 0 Å². The van der Waals surface area contributed by atoms with Gasteiger partial charge in [-0.05, 0) is 36.4 Å². The van der Waals surface area contributed by atoms with Crippen LogP contribution in [0.2, 0.25) is 0 Å². The van der Waals surface area contributed by atoms with Crippen molar-refractivity contribution < 1.29 is 14.1 Å². The van der Waals surface area contributed by atoms with E-state index < -0.39 is 0 Å². The zero-order valence-corrected chi connectivity index (χ0v) is 17.7. The van der Waals surface area contributed by atoms with Crippen molar-refractivity contribution in [2.45, 2.75) is 38.5 Å². The van der Waals surface area contributed by atoms with Crippen molar-refractivity contribution >= 4 is 28.8 Å². The highest BCUT2D eigenvalue weighted by Crippen LogP contribution is 2.29. The number of amides is 2. The largest absolute Gasteiger partial charge is 0.342 e. The number of benzene rings is 1. The van der Waals surface area contributed by atoms with Gasteiger partial charge in [0.1, 0.15) is 0 Å². The number of thiophene rings is 1. The fourth-order valence-electron chi connectivity index (χ4n) is 3.55. The Morgan fingerprint density at radius 1 is 1.23 bits per heavy atom. The predicted molar refractivity (Wildman–Crippen MR) is 115 cm³/mol. The molecule has 0 bridgehead atoms. The van der Waals surface area contributed by atoms with Crippen molar-refractivity contribution in [2.75, 3.05) is 18.4 Å². The lowest BCUT2D eigenvalue weighted by Gasteiger charge is -2.30. The molecule has 0 unspecified atom stereocenters. The van der Waals surface area contributed by atoms with Crippen molar-refractivity contribution in [3.63, 3.8) is 0 Å². The predicted octanol–water partition coefficient (Wildman–Crippen LogP) is 4.10. The normalized spacial score (nSPS) is 14.6. The molecule has 3 heterocycles. The van der Waals surface area contributed by atoms with E-state index in [2.05, 4.69) is 15.5 Å². The van der Waals surface area contributed by atoms with Crippen molar-refractivity contribution in [1.29, 1.82) is 0 Å². The zero-order chi connectivity index (χ0) is 20.9. The van der Waals surface area contributed by atoms with Gasteiger partial charge in [-0.3, -0.25) is 9.59 Å². The molecule has 2 aromatic heterocycles. The van der Waals surface area contributed by atoms with Crippen molar-refractivity contribution in [2.24, 2.45) is 0 Å². The number of hydrogen-bond acceptors (Lipinski definition) is 6. The number of piperidine rings is 1. The minimum absolute atomic E-state index is 0.0404. The molecule has 0 spiro atoms. The molecule has 4 rings (SSSR count). The molecule has 1 aromatic carbocycles. The Morgan fingerprint density at radius 3 is 2.80 bits per heavy atom. The second-order valence-electron chi connectivity index (χ2n) is 7.35. The summed E-state index contributed by atoms with van der Waals surface area (Å²) in [7, 11) is 0. The molecule has 0 radical (unpaired) electrons. The molecule has 156 valence electrons. The molecule has 3 aromatic rings. The summed E-state index contributed by atoms with van der Waals surface area (Å²) < 4.78 is 5.53. The number of carbonyl (C=O) groups is 2. The molecule has 8 heteroatoms. The van der Waals surface area contributed by atoms with Gasteiger partial charge in [0.2, 0.25) is 23.5 Å². The minimum Gasteiger partial charge on any atom is -0.342 e. The van der Waals surface area contributed by atoms with Gasteiger partial charge in [-0.2, -0.15) is 4.98 Å². The first-order chi connectivity index (χ1) is 14.6. The standard InChI is InChI=1S/C22H24N4O3S/c1-2-19(27)23-17-6-3-5-16(13-17)21-24-22(29-25-21)15-8-10-26(11-9-15)20(28)14-18-7-4-12-30-18/h3-7,12-13,15H,2,8-11,14H2,1H3,(H,23,27). The minimum atomic E-state index is -0.0404. The van der Waals surface area contributed by atoms with Crippen LogP contribution in [0.5, 0.6) is 0 Å². The van der Waals surface area contributed by atoms with E-state index in [4.69, 9.17) is 4.52 Å². The average molecular weight is 425 g/mol. The molecule has 0 aliphatic carbocycles. The average Bonchev–Trinajstić information content (AvgIpc) is 3.46. The van der Waals surface area contributed by atoms with Crippen LogP contribution in [-0.4, -0.2) is 39.9 Å². The molecular weight excluding hydrogens is 400 g/mol. The molecule has 2 amide bonds. The highest BCUT2D eigenvalue weighted by atomic mass is 32.1. The molecule has 7 nitrogen and oxygen atoms in total. The number of carbonyl (C=O) groups excluding carboxylic acids is 2. The van der Waals surface area contributed by atoms with E-state index in [1.807, 2.05) is 53.6 Å². The van der Waals surface area contributed by atoms with Crippen LogP contribution in [0.4, 0.5) is 5.69 Å². The summed E-state index contributed by atoms with van der Waals surface area (Å²) >= 11 is 1.61. The Hall–Kier alpha value is -3.00. The van der Waals surface area contributed by atoms with Crippen molar-refractivity contribution in [3.8, 4) is 11.4 Å². The van der Waals surface area contributed by atoms with Gasteiger partial charge in [-0.1, -0.05) is 30.3 Å². The fourth-order valence-corrected chi connectivity index (χ4v) is 4.25. The Morgan fingerprint density at radius 2 is 2.07 bits per heavy atom. The van der Waals surface area contributed by atoms with Gasteiger partial charge in [-0.15, -0.1) is 11.3 Å². The Kier molecular flexibility index (Phi) is 6.23. The van der Waals surface area contributed by atoms with E-state index in [1.54, 1.807) is 11.3 Å². The smallest absolute Gasteiger partial charge is 0.230 e. The van der Waals surface area contributed by atoms with Crippen LogP contribution in [0.25, 0.3) is 11.4 Å². The Labute approximate surface area is 179 Å². The van der Waals surface area contributed by atoms with Crippen LogP contribution < -0.4 is 5.32 Å². The van der Waals surface area contributed by atoms with Crippen LogP contribution in [0.3, 0.4) is 0 Å². The molecular formula is C22H24N4O3S. The number of anilines is 1. The number of aromatic nitrogens is 2. The Balaban J connectivity index is 1.36. The first-order valence-corrected chi connectivity index (χ1v) is 11.0. The van der Waals surface area contributed by atoms with E-state index in [-0.39, 0.29) is 17.7 Å². The third-order valence-electron chi connectivity index (χ3n) is 5.27. The quantitative estimate of drug-likeness (QED) is 0.644.